The van der Waals surface area contributed by atoms with Crippen LogP contribution in [0.25, 0.3) is 0 Å². The van der Waals surface area contributed by atoms with Gasteiger partial charge in [0, 0.05) is 31.3 Å². The molecule has 2 aromatic carbocycles. The Morgan fingerprint density at radius 1 is 1.12 bits per heavy atom. The van der Waals surface area contributed by atoms with Crippen molar-refractivity contribution in [1.29, 1.82) is 0 Å². The van der Waals surface area contributed by atoms with Crippen molar-refractivity contribution in [3.05, 3.63) is 59.2 Å². The Morgan fingerprint density at radius 2 is 1.92 bits per heavy atom. The van der Waals surface area contributed by atoms with E-state index < -0.39 is 0 Å². The third-order valence-corrected chi connectivity index (χ3v) is 3.92. The van der Waals surface area contributed by atoms with Gasteiger partial charge in [-0.05, 0) is 36.6 Å². The number of benzene rings is 2. The number of anilines is 1. The lowest BCUT2D eigenvalue weighted by Crippen LogP contribution is -2.23. The van der Waals surface area contributed by atoms with E-state index in [1.165, 1.54) is 0 Å². The molecule has 134 valence electrons. The van der Waals surface area contributed by atoms with Gasteiger partial charge in [-0.25, -0.2) is 0 Å². The number of nitrogens with one attached hydrogen (secondary N) is 1. The zero-order chi connectivity index (χ0) is 18.1. The topological polar surface area (TPSA) is 73.6 Å². The van der Waals surface area contributed by atoms with E-state index in [1.807, 2.05) is 49.4 Å². The Hall–Kier alpha value is -2.53. The monoisotopic (exact) mass is 342 g/mol. The highest BCUT2D eigenvalue weighted by atomic mass is 16.5. The Bertz CT molecular complexity index is 701. The van der Waals surface area contributed by atoms with Crippen LogP contribution < -0.4 is 15.8 Å². The highest BCUT2D eigenvalue weighted by Gasteiger charge is 2.08. The number of hydrogen-bond acceptors (Lipinski definition) is 4. The lowest BCUT2D eigenvalue weighted by atomic mass is 10.1. The number of rotatable bonds is 9. The maximum Gasteiger partial charge on any atom is 0.220 e. The van der Waals surface area contributed by atoms with Crippen LogP contribution in [0.15, 0.2) is 42.5 Å². The number of hydrogen-bond donors (Lipinski definition) is 2. The first-order chi connectivity index (χ1) is 12.1. The number of aryl methyl sites for hydroxylation is 2. The van der Waals surface area contributed by atoms with Gasteiger partial charge in [0.15, 0.2) is 0 Å². The van der Waals surface area contributed by atoms with Crippen molar-refractivity contribution in [2.75, 3.05) is 26.1 Å². The SMILES string of the molecule is COCCOc1cc(C)ccc1CNC(=O)CCc1ccccc1N. The van der Waals surface area contributed by atoms with Gasteiger partial charge in [0.05, 0.1) is 6.61 Å². The second-order valence-corrected chi connectivity index (χ2v) is 5.93. The number of para-hydroxylation sites is 1. The molecule has 5 heteroatoms. The molecule has 2 rings (SSSR count). The summed E-state index contributed by atoms with van der Waals surface area (Å²) < 4.78 is 10.8. The zero-order valence-electron chi connectivity index (χ0n) is 14.9. The molecule has 0 fully saturated rings. The minimum Gasteiger partial charge on any atom is -0.491 e. The number of carbonyl (C=O) groups excluding carboxylic acids is 1. The molecular formula is C20H26N2O3. The molecule has 0 saturated heterocycles. The van der Waals surface area contributed by atoms with E-state index in [0.717, 1.165) is 28.1 Å². The maximum absolute atomic E-state index is 12.1. The molecule has 0 saturated carbocycles. The minimum atomic E-state index is -0.00771. The van der Waals surface area contributed by atoms with Crippen LogP contribution in [-0.4, -0.2) is 26.2 Å². The summed E-state index contributed by atoms with van der Waals surface area (Å²) in [4.78, 5) is 12.1. The third-order valence-electron chi connectivity index (χ3n) is 3.92. The molecule has 0 atom stereocenters. The molecule has 3 N–H and O–H groups in total. The number of carbonyl (C=O) groups is 1. The van der Waals surface area contributed by atoms with Gasteiger partial charge in [-0.2, -0.15) is 0 Å². The molecule has 2 aromatic rings. The van der Waals surface area contributed by atoms with Crippen LogP contribution in [0.5, 0.6) is 5.75 Å². The third kappa shape index (κ3) is 6.12. The highest BCUT2D eigenvalue weighted by Crippen LogP contribution is 2.20. The fourth-order valence-electron chi connectivity index (χ4n) is 2.47. The second kappa shape index (κ2) is 9.69. The van der Waals surface area contributed by atoms with E-state index in [1.54, 1.807) is 7.11 Å². The second-order valence-electron chi connectivity index (χ2n) is 5.93. The molecule has 0 spiro atoms. The summed E-state index contributed by atoms with van der Waals surface area (Å²) in [5.74, 6) is 0.774. The molecule has 0 radical (unpaired) electrons. The van der Waals surface area contributed by atoms with Gasteiger partial charge in [-0.3, -0.25) is 4.79 Å². The van der Waals surface area contributed by atoms with Crippen molar-refractivity contribution in [3.63, 3.8) is 0 Å². The summed E-state index contributed by atoms with van der Waals surface area (Å²) in [7, 11) is 1.64. The van der Waals surface area contributed by atoms with Crippen LogP contribution in [0.2, 0.25) is 0 Å². The zero-order valence-corrected chi connectivity index (χ0v) is 14.9. The predicted molar refractivity (Wildman–Crippen MR) is 99.6 cm³/mol. The normalized spacial score (nSPS) is 10.5. The van der Waals surface area contributed by atoms with E-state index in [2.05, 4.69) is 5.32 Å². The van der Waals surface area contributed by atoms with Crippen LogP contribution in [0.3, 0.4) is 0 Å². The summed E-state index contributed by atoms with van der Waals surface area (Å²) in [5, 5.41) is 2.95. The predicted octanol–water partition coefficient (Wildman–Crippen LogP) is 2.85. The molecule has 0 aliphatic carbocycles. The standard InChI is InChI=1S/C20H26N2O3/c1-15-7-8-17(19(13-15)25-12-11-24-2)14-22-20(23)10-9-16-5-3-4-6-18(16)21/h3-8,13H,9-12,14,21H2,1-2H3,(H,22,23). The molecule has 0 heterocycles. The van der Waals surface area contributed by atoms with Gasteiger partial charge in [0.25, 0.3) is 0 Å². The van der Waals surface area contributed by atoms with E-state index >= 15 is 0 Å². The van der Waals surface area contributed by atoms with E-state index in [9.17, 15) is 4.79 Å². The molecule has 25 heavy (non-hydrogen) atoms. The van der Waals surface area contributed by atoms with E-state index in [0.29, 0.717) is 32.6 Å². The number of ether oxygens (including phenoxy) is 2. The minimum absolute atomic E-state index is 0.00771. The average Bonchev–Trinajstić information content (AvgIpc) is 2.60. The summed E-state index contributed by atoms with van der Waals surface area (Å²) in [5.41, 5.74) is 9.69. The van der Waals surface area contributed by atoms with Crippen molar-refractivity contribution >= 4 is 11.6 Å². The number of amides is 1. The van der Waals surface area contributed by atoms with Gasteiger partial charge < -0.3 is 20.5 Å². The van der Waals surface area contributed by atoms with Crippen LogP contribution in [0.4, 0.5) is 5.69 Å². The van der Waals surface area contributed by atoms with Crippen molar-refractivity contribution in [3.8, 4) is 5.75 Å². The highest BCUT2D eigenvalue weighted by molar-refractivity contribution is 5.76. The van der Waals surface area contributed by atoms with E-state index in [-0.39, 0.29) is 5.91 Å². The van der Waals surface area contributed by atoms with Crippen LogP contribution >= 0.6 is 0 Å². The smallest absolute Gasteiger partial charge is 0.220 e. The van der Waals surface area contributed by atoms with Gasteiger partial charge in [-0.1, -0.05) is 30.3 Å². The fraction of sp³-hybridized carbons (Fsp3) is 0.350. The number of methoxy groups -OCH3 is 1. The summed E-state index contributed by atoms with van der Waals surface area (Å²) >= 11 is 0. The van der Waals surface area contributed by atoms with Gasteiger partial charge in [0.1, 0.15) is 12.4 Å². The molecular weight excluding hydrogens is 316 g/mol. The first-order valence-corrected chi connectivity index (χ1v) is 8.41. The first kappa shape index (κ1) is 18.8. The fourth-order valence-corrected chi connectivity index (χ4v) is 2.47. The first-order valence-electron chi connectivity index (χ1n) is 8.41. The Labute approximate surface area is 149 Å². The van der Waals surface area contributed by atoms with Crippen LogP contribution in [0, 0.1) is 6.92 Å². The number of nitrogen functional groups attached to an aromatic ring is 1. The van der Waals surface area contributed by atoms with Crippen molar-refractivity contribution in [2.45, 2.75) is 26.3 Å². The Kier molecular flexibility index (Phi) is 7.29. The summed E-state index contributed by atoms with van der Waals surface area (Å²) in [6.45, 7) is 3.45. The van der Waals surface area contributed by atoms with Crippen LogP contribution in [0.1, 0.15) is 23.1 Å². The number of nitrogens with two attached hydrogens (primary N) is 1. The molecule has 0 aromatic heterocycles. The Balaban J connectivity index is 1.87. The molecule has 5 nitrogen and oxygen atoms in total. The summed E-state index contributed by atoms with van der Waals surface area (Å²) in [6.07, 6.45) is 1.03. The summed E-state index contributed by atoms with van der Waals surface area (Å²) in [6, 6.07) is 13.6. The van der Waals surface area contributed by atoms with Crippen molar-refractivity contribution < 1.29 is 14.3 Å². The van der Waals surface area contributed by atoms with Gasteiger partial charge >= 0.3 is 0 Å². The van der Waals surface area contributed by atoms with E-state index in [4.69, 9.17) is 15.2 Å². The Morgan fingerprint density at radius 3 is 2.68 bits per heavy atom. The molecule has 0 unspecified atom stereocenters. The quantitative estimate of drug-likeness (QED) is 0.543. The lowest BCUT2D eigenvalue weighted by Gasteiger charge is -2.13. The largest absolute Gasteiger partial charge is 0.491 e. The molecule has 0 bridgehead atoms. The molecule has 0 aliphatic rings. The maximum atomic E-state index is 12.1. The molecule has 0 aliphatic heterocycles. The van der Waals surface area contributed by atoms with Gasteiger partial charge in [0.2, 0.25) is 5.91 Å². The van der Waals surface area contributed by atoms with Crippen molar-refractivity contribution in [1.82, 2.24) is 5.32 Å². The van der Waals surface area contributed by atoms with Gasteiger partial charge in [-0.15, -0.1) is 0 Å². The average molecular weight is 342 g/mol. The van der Waals surface area contributed by atoms with Crippen molar-refractivity contribution in [2.24, 2.45) is 0 Å². The lowest BCUT2D eigenvalue weighted by molar-refractivity contribution is -0.121. The molecule has 1 amide bonds. The van der Waals surface area contributed by atoms with Crippen LogP contribution in [-0.2, 0) is 22.5 Å².